The SMILES string of the molecule is CCc1cc(CN2CCC(F)(F)CC2)c(O)c2c1CC1CC3C(C(=O)C1=C2O)C(C)(O)C(C(N)=O)=C(O)[C@@H]3N(C)C. The zero-order valence-electron chi connectivity index (χ0n) is 23.9. The molecule has 9 nitrogen and oxygen atoms in total. The molecule has 5 atom stereocenters. The average Bonchev–Trinajstić information content (AvgIpc) is 2.85. The second-order valence-electron chi connectivity index (χ2n) is 12.5. The number of nitrogens with two attached hydrogens (primary N) is 1. The van der Waals surface area contributed by atoms with Gasteiger partial charge in [0.25, 0.3) is 11.8 Å². The standard InChI is InChI=1S/C30H39F2N3O6/c1-5-14-10-16(13-35-8-6-30(31,32)7-9-35)24(36)20-17(14)11-15-12-18-21(26(38)19(15)25(20)37)29(2,41)22(28(33)40)27(39)23(18)34(3)4/h10,15,18,21,23,36-37,39,41H,5-9,11-13H2,1-4H3,(H2,33,40)/t15?,18?,21?,23-,29?/m1/s1. The number of piperidine rings is 1. The number of Topliss-reactive ketones (excluding diaryl/α,β-unsaturated/α-hetero) is 1. The number of likely N-dealkylation sites (N-methyl/N-ethyl adjacent to an activating group) is 1. The highest BCUT2D eigenvalue weighted by atomic mass is 19.3. The van der Waals surface area contributed by atoms with Gasteiger partial charge in [0.2, 0.25) is 0 Å². The fourth-order valence-corrected chi connectivity index (χ4v) is 7.81. The minimum atomic E-state index is -2.70. The number of amides is 1. The second-order valence-corrected chi connectivity index (χ2v) is 12.5. The van der Waals surface area contributed by atoms with Gasteiger partial charge in [0.05, 0.1) is 23.1 Å². The highest BCUT2D eigenvalue weighted by molar-refractivity contribution is 6.08. The quantitative estimate of drug-likeness (QED) is 0.360. The van der Waals surface area contributed by atoms with E-state index in [1.807, 2.05) is 17.9 Å². The number of phenols is 1. The van der Waals surface area contributed by atoms with Crippen molar-refractivity contribution in [3.05, 3.63) is 45.2 Å². The number of aliphatic hydroxyl groups is 3. The molecule has 41 heavy (non-hydrogen) atoms. The number of carbonyl (C=O) groups excluding carboxylic acids is 2. The van der Waals surface area contributed by atoms with Crippen molar-refractivity contribution in [1.82, 2.24) is 9.80 Å². The molecule has 0 bridgehead atoms. The third-order valence-electron chi connectivity index (χ3n) is 9.68. The third kappa shape index (κ3) is 4.62. The van der Waals surface area contributed by atoms with Crippen LogP contribution in [0.15, 0.2) is 23.0 Å². The van der Waals surface area contributed by atoms with Crippen molar-refractivity contribution < 1.29 is 38.8 Å². The van der Waals surface area contributed by atoms with Gasteiger partial charge >= 0.3 is 0 Å². The first-order valence-electron chi connectivity index (χ1n) is 14.2. The van der Waals surface area contributed by atoms with E-state index in [9.17, 15) is 38.8 Å². The molecule has 1 heterocycles. The molecule has 4 unspecified atom stereocenters. The van der Waals surface area contributed by atoms with Gasteiger partial charge in [-0.05, 0) is 63.2 Å². The minimum absolute atomic E-state index is 0.0776. The first kappa shape index (κ1) is 29.5. The van der Waals surface area contributed by atoms with E-state index in [-0.39, 0.29) is 60.9 Å². The lowest BCUT2D eigenvalue weighted by atomic mass is 9.55. The topological polar surface area (TPSA) is 148 Å². The van der Waals surface area contributed by atoms with Crippen molar-refractivity contribution in [1.29, 1.82) is 0 Å². The van der Waals surface area contributed by atoms with Crippen LogP contribution in [-0.4, -0.2) is 86.7 Å². The molecule has 1 saturated heterocycles. The molecule has 2 fully saturated rings. The number of nitrogens with zero attached hydrogens (tertiary/aromatic N) is 2. The predicted molar refractivity (Wildman–Crippen MR) is 147 cm³/mol. The first-order valence-corrected chi connectivity index (χ1v) is 14.2. The summed E-state index contributed by atoms with van der Waals surface area (Å²) in [6.07, 6.45) is 0.741. The largest absolute Gasteiger partial charge is 0.510 e. The summed E-state index contributed by atoms with van der Waals surface area (Å²) in [4.78, 5) is 30.1. The Morgan fingerprint density at radius 2 is 1.80 bits per heavy atom. The number of aliphatic hydroxyl groups excluding tert-OH is 2. The Kier molecular flexibility index (Phi) is 7.23. The Morgan fingerprint density at radius 3 is 2.37 bits per heavy atom. The molecule has 1 aromatic rings. The van der Waals surface area contributed by atoms with E-state index in [1.165, 1.54) is 6.92 Å². The number of rotatable bonds is 5. The number of alkyl halides is 2. The minimum Gasteiger partial charge on any atom is -0.510 e. The number of primary amides is 1. The van der Waals surface area contributed by atoms with Crippen LogP contribution in [0.4, 0.5) is 8.78 Å². The maximum atomic E-state index is 14.2. The maximum absolute atomic E-state index is 14.2. The van der Waals surface area contributed by atoms with Gasteiger partial charge < -0.3 is 26.2 Å². The number of phenolic OH excluding ortho intramolecular Hbond substituents is 1. The molecule has 1 amide bonds. The zero-order valence-corrected chi connectivity index (χ0v) is 23.9. The first-order chi connectivity index (χ1) is 19.1. The molecule has 11 heteroatoms. The number of hydrogen-bond donors (Lipinski definition) is 5. The molecule has 0 aromatic heterocycles. The van der Waals surface area contributed by atoms with Gasteiger partial charge in [0, 0.05) is 43.6 Å². The number of allylic oxidation sites excluding steroid dienone is 1. The number of aromatic hydroxyl groups is 1. The fraction of sp³-hybridized carbons (Fsp3) is 0.600. The van der Waals surface area contributed by atoms with Gasteiger partial charge in [0.1, 0.15) is 22.9 Å². The Morgan fingerprint density at radius 1 is 1.17 bits per heavy atom. The average molecular weight is 576 g/mol. The van der Waals surface area contributed by atoms with Crippen LogP contribution in [0.3, 0.4) is 0 Å². The van der Waals surface area contributed by atoms with Crippen molar-refractivity contribution in [3.63, 3.8) is 0 Å². The summed E-state index contributed by atoms with van der Waals surface area (Å²) >= 11 is 0. The summed E-state index contributed by atoms with van der Waals surface area (Å²) in [5, 5.41) is 45.6. The van der Waals surface area contributed by atoms with Crippen LogP contribution in [0.2, 0.25) is 0 Å². The molecule has 6 N–H and O–H groups in total. The second kappa shape index (κ2) is 10.1. The number of benzene rings is 1. The Bertz CT molecular complexity index is 1360. The van der Waals surface area contributed by atoms with Crippen molar-refractivity contribution in [2.24, 2.45) is 23.5 Å². The molecular weight excluding hydrogens is 536 g/mol. The molecule has 1 aliphatic heterocycles. The van der Waals surface area contributed by atoms with Crippen LogP contribution in [0.5, 0.6) is 5.75 Å². The number of ketones is 1. The molecule has 4 aliphatic rings. The van der Waals surface area contributed by atoms with Gasteiger partial charge in [-0.2, -0.15) is 0 Å². The molecular formula is C30H39F2N3O6. The number of halogens is 2. The van der Waals surface area contributed by atoms with Crippen LogP contribution in [-0.2, 0) is 29.0 Å². The number of carbonyl (C=O) groups is 2. The van der Waals surface area contributed by atoms with E-state index in [4.69, 9.17) is 5.73 Å². The highest BCUT2D eigenvalue weighted by Crippen LogP contribution is 2.54. The molecule has 3 aliphatic carbocycles. The molecule has 1 aromatic carbocycles. The van der Waals surface area contributed by atoms with Gasteiger partial charge in [-0.1, -0.05) is 13.0 Å². The smallest absolute Gasteiger partial charge is 0.251 e. The van der Waals surface area contributed by atoms with E-state index in [1.54, 1.807) is 19.0 Å². The Labute approximate surface area is 237 Å². The predicted octanol–water partition coefficient (Wildman–Crippen LogP) is 2.82. The molecule has 5 rings (SSSR count). The summed E-state index contributed by atoms with van der Waals surface area (Å²) in [6, 6.07) is 1.10. The third-order valence-corrected chi connectivity index (χ3v) is 9.68. The van der Waals surface area contributed by atoms with Crippen molar-refractivity contribution >= 4 is 17.4 Å². The Balaban J connectivity index is 1.60. The van der Waals surface area contributed by atoms with Gasteiger partial charge in [-0.15, -0.1) is 0 Å². The van der Waals surface area contributed by atoms with Crippen LogP contribution in [0.25, 0.3) is 5.76 Å². The Hall–Kier alpha value is -3.02. The lowest BCUT2D eigenvalue weighted by Gasteiger charge is -2.52. The molecule has 1 saturated carbocycles. The van der Waals surface area contributed by atoms with Gasteiger partial charge in [0.15, 0.2) is 5.78 Å². The number of aryl methyl sites for hydroxylation is 1. The zero-order chi connectivity index (χ0) is 30.2. The lowest BCUT2D eigenvalue weighted by Crippen LogP contribution is -2.61. The number of fused-ring (bicyclic) bond motifs is 3. The summed E-state index contributed by atoms with van der Waals surface area (Å²) < 4.78 is 27.4. The summed E-state index contributed by atoms with van der Waals surface area (Å²) in [6.45, 7) is 3.80. The normalized spacial score (nSPS) is 31.7. The monoisotopic (exact) mass is 575 g/mol. The van der Waals surface area contributed by atoms with Crippen LogP contribution in [0, 0.1) is 17.8 Å². The van der Waals surface area contributed by atoms with Crippen LogP contribution >= 0.6 is 0 Å². The summed E-state index contributed by atoms with van der Waals surface area (Å²) in [5.74, 6) is -7.40. The van der Waals surface area contributed by atoms with E-state index >= 15 is 0 Å². The van der Waals surface area contributed by atoms with Crippen molar-refractivity contribution in [2.75, 3.05) is 27.2 Å². The van der Waals surface area contributed by atoms with Crippen molar-refractivity contribution in [3.8, 4) is 5.75 Å². The van der Waals surface area contributed by atoms with E-state index in [0.717, 1.165) is 11.1 Å². The number of hydrogen-bond acceptors (Lipinski definition) is 8. The molecule has 0 spiro atoms. The van der Waals surface area contributed by atoms with Gasteiger partial charge in [-0.25, -0.2) is 8.78 Å². The maximum Gasteiger partial charge on any atom is 0.251 e. The van der Waals surface area contributed by atoms with Crippen molar-refractivity contribution in [2.45, 2.75) is 70.1 Å². The van der Waals surface area contributed by atoms with Gasteiger partial charge in [-0.3, -0.25) is 19.4 Å². The summed E-state index contributed by atoms with van der Waals surface area (Å²) in [5.41, 5.74) is 5.37. The van der Waals surface area contributed by atoms with E-state index in [0.29, 0.717) is 24.8 Å². The van der Waals surface area contributed by atoms with E-state index in [2.05, 4.69) is 0 Å². The molecule has 0 radical (unpaired) electrons. The lowest BCUT2D eigenvalue weighted by molar-refractivity contribution is -0.139. The van der Waals surface area contributed by atoms with Crippen LogP contribution in [0.1, 0.15) is 55.4 Å². The number of likely N-dealkylation sites (tertiary alicyclic amines) is 1. The molecule has 224 valence electrons. The highest BCUT2D eigenvalue weighted by Gasteiger charge is 2.60. The fourth-order valence-electron chi connectivity index (χ4n) is 7.81. The summed E-state index contributed by atoms with van der Waals surface area (Å²) in [7, 11) is 3.41. The van der Waals surface area contributed by atoms with E-state index < -0.39 is 52.6 Å². The van der Waals surface area contributed by atoms with Crippen LogP contribution < -0.4 is 5.73 Å².